The average Bonchev–Trinajstić information content (AvgIpc) is 3.01. The van der Waals surface area contributed by atoms with Crippen molar-refractivity contribution in [2.24, 2.45) is 4.99 Å². The lowest BCUT2D eigenvalue weighted by atomic mass is 10.2. The highest BCUT2D eigenvalue weighted by Gasteiger charge is 2.02. The van der Waals surface area contributed by atoms with Crippen LogP contribution in [0.4, 0.5) is 0 Å². The van der Waals surface area contributed by atoms with E-state index in [1.54, 1.807) is 11.3 Å². The predicted molar refractivity (Wildman–Crippen MR) is 99.5 cm³/mol. The molecule has 0 bridgehead atoms. The Labute approximate surface area is 147 Å². The van der Waals surface area contributed by atoms with Gasteiger partial charge in [0, 0.05) is 29.9 Å². The minimum Gasteiger partial charge on any atom is -0.357 e. The SMILES string of the molecule is CCNC(=NCc1cccc(Cl)c1)NCCc1csc(CC)n1. The van der Waals surface area contributed by atoms with Gasteiger partial charge in [-0.1, -0.05) is 30.7 Å². The Balaban J connectivity index is 1.86. The molecule has 1 aromatic carbocycles. The number of rotatable bonds is 7. The third-order valence-corrected chi connectivity index (χ3v) is 4.51. The summed E-state index contributed by atoms with van der Waals surface area (Å²) in [5.41, 5.74) is 2.24. The zero-order valence-electron chi connectivity index (χ0n) is 13.6. The van der Waals surface area contributed by atoms with E-state index >= 15 is 0 Å². The third-order valence-electron chi connectivity index (χ3n) is 3.23. The molecule has 0 atom stereocenters. The van der Waals surface area contributed by atoms with E-state index in [0.29, 0.717) is 6.54 Å². The van der Waals surface area contributed by atoms with Crippen LogP contribution in [0.3, 0.4) is 0 Å². The van der Waals surface area contributed by atoms with E-state index in [4.69, 9.17) is 11.6 Å². The predicted octanol–water partition coefficient (Wildman–Crippen LogP) is 3.66. The van der Waals surface area contributed by atoms with Gasteiger partial charge in [-0.15, -0.1) is 11.3 Å². The molecule has 0 radical (unpaired) electrons. The number of hydrogen-bond acceptors (Lipinski definition) is 3. The van der Waals surface area contributed by atoms with Crippen LogP contribution in [0, 0.1) is 0 Å². The van der Waals surface area contributed by atoms with Crippen molar-refractivity contribution in [3.05, 3.63) is 50.9 Å². The maximum atomic E-state index is 6.00. The number of aliphatic imine (C=N–C) groups is 1. The van der Waals surface area contributed by atoms with E-state index in [0.717, 1.165) is 48.2 Å². The number of hydrogen-bond donors (Lipinski definition) is 2. The first kappa shape index (κ1) is 17.8. The first-order valence-corrected chi connectivity index (χ1v) is 9.17. The minimum absolute atomic E-state index is 0.604. The molecular weight excluding hydrogens is 328 g/mol. The largest absolute Gasteiger partial charge is 0.357 e. The van der Waals surface area contributed by atoms with Crippen molar-refractivity contribution in [3.63, 3.8) is 0 Å². The van der Waals surface area contributed by atoms with E-state index in [-0.39, 0.29) is 0 Å². The first-order valence-electron chi connectivity index (χ1n) is 7.91. The lowest BCUT2D eigenvalue weighted by Crippen LogP contribution is -2.38. The van der Waals surface area contributed by atoms with E-state index in [2.05, 4.69) is 39.8 Å². The molecule has 0 aliphatic heterocycles. The number of benzene rings is 1. The van der Waals surface area contributed by atoms with E-state index in [1.807, 2.05) is 24.3 Å². The van der Waals surface area contributed by atoms with Gasteiger partial charge >= 0.3 is 0 Å². The maximum Gasteiger partial charge on any atom is 0.191 e. The molecule has 124 valence electrons. The molecule has 23 heavy (non-hydrogen) atoms. The van der Waals surface area contributed by atoms with Crippen LogP contribution in [0.25, 0.3) is 0 Å². The molecule has 0 aliphatic carbocycles. The second-order valence-corrected chi connectivity index (χ2v) is 6.47. The van der Waals surface area contributed by atoms with Crippen molar-refractivity contribution in [2.45, 2.75) is 33.2 Å². The molecule has 2 rings (SSSR count). The molecule has 2 aromatic rings. The van der Waals surface area contributed by atoms with Crippen molar-refractivity contribution in [1.82, 2.24) is 15.6 Å². The van der Waals surface area contributed by atoms with Crippen LogP contribution in [0.15, 0.2) is 34.6 Å². The van der Waals surface area contributed by atoms with Crippen molar-refractivity contribution in [3.8, 4) is 0 Å². The Hall–Kier alpha value is -1.59. The summed E-state index contributed by atoms with van der Waals surface area (Å²) in [6, 6.07) is 7.79. The van der Waals surface area contributed by atoms with Gasteiger partial charge in [-0.05, 0) is 31.0 Å². The number of nitrogens with zero attached hydrogens (tertiary/aromatic N) is 2. The van der Waals surface area contributed by atoms with Crippen LogP contribution in [-0.2, 0) is 19.4 Å². The van der Waals surface area contributed by atoms with Crippen LogP contribution in [0.2, 0.25) is 5.02 Å². The number of aromatic nitrogens is 1. The van der Waals surface area contributed by atoms with E-state index < -0.39 is 0 Å². The second-order valence-electron chi connectivity index (χ2n) is 5.09. The molecule has 0 unspecified atom stereocenters. The Kier molecular flexibility index (Phi) is 7.36. The maximum absolute atomic E-state index is 6.00. The summed E-state index contributed by atoms with van der Waals surface area (Å²) < 4.78 is 0. The molecule has 1 aromatic heterocycles. The standard InChI is InChI=1S/C17H23ClN4S/c1-3-16-22-15(12-23-16)8-9-20-17(19-4-2)21-11-13-6-5-7-14(18)10-13/h5-7,10,12H,3-4,8-9,11H2,1-2H3,(H2,19,20,21). The summed E-state index contributed by atoms with van der Waals surface area (Å²) in [4.78, 5) is 9.17. The average molecular weight is 351 g/mol. The Bertz CT molecular complexity index is 639. The molecule has 0 fully saturated rings. The molecular formula is C17H23ClN4S. The molecule has 0 spiro atoms. The lowest BCUT2D eigenvalue weighted by Gasteiger charge is -2.10. The molecule has 6 heteroatoms. The van der Waals surface area contributed by atoms with Crippen LogP contribution >= 0.6 is 22.9 Å². The Morgan fingerprint density at radius 3 is 2.87 bits per heavy atom. The number of nitrogens with one attached hydrogen (secondary N) is 2. The summed E-state index contributed by atoms with van der Waals surface area (Å²) in [6.45, 7) is 6.44. The quantitative estimate of drug-likeness (QED) is 0.592. The van der Waals surface area contributed by atoms with Gasteiger partial charge in [-0.2, -0.15) is 0 Å². The zero-order valence-corrected chi connectivity index (χ0v) is 15.2. The number of thiazole rings is 1. The normalized spacial score (nSPS) is 11.5. The van der Waals surface area contributed by atoms with Gasteiger partial charge in [0.05, 0.1) is 17.2 Å². The highest BCUT2D eigenvalue weighted by molar-refractivity contribution is 7.09. The van der Waals surface area contributed by atoms with Crippen LogP contribution in [-0.4, -0.2) is 24.0 Å². The monoisotopic (exact) mass is 350 g/mol. The summed E-state index contributed by atoms with van der Waals surface area (Å²) >= 11 is 7.73. The van der Waals surface area contributed by atoms with Gasteiger partial charge in [0.1, 0.15) is 0 Å². The fourth-order valence-corrected chi connectivity index (χ4v) is 3.07. The third kappa shape index (κ3) is 6.20. The van der Waals surface area contributed by atoms with Crippen molar-refractivity contribution in [1.29, 1.82) is 0 Å². The Morgan fingerprint density at radius 2 is 2.17 bits per heavy atom. The van der Waals surface area contributed by atoms with E-state index in [1.165, 1.54) is 5.01 Å². The number of guanidine groups is 1. The fourth-order valence-electron chi connectivity index (χ4n) is 2.08. The zero-order chi connectivity index (χ0) is 16.5. The molecule has 1 heterocycles. The van der Waals surface area contributed by atoms with Crippen LogP contribution in [0.5, 0.6) is 0 Å². The van der Waals surface area contributed by atoms with Crippen molar-refractivity contribution < 1.29 is 0 Å². The second kappa shape index (κ2) is 9.53. The lowest BCUT2D eigenvalue weighted by molar-refractivity contribution is 0.789. The first-order chi connectivity index (χ1) is 11.2. The van der Waals surface area contributed by atoms with Crippen molar-refractivity contribution in [2.75, 3.05) is 13.1 Å². The highest BCUT2D eigenvalue weighted by atomic mass is 35.5. The van der Waals surface area contributed by atoms with Gasteiger partial charge in [0.15, 0.2) is 5.96 Å². The minimum atomic E-state index is 0.604. The van der Waals surface area contributed by atoms with Gasteiger partial charge < -0.3 is 10.6 Å². The van der Waals surface area contributed by atoms with Crippen molar-refractivity contribution >= 4 is 28.9 Å². The van der Waals surface area contributed by atoms with Crippen LogP contribution < -0.4 is 10.6 Å². The van der Waals surface area contributed by atoms with Crippen LogP contribution in [0.1, 0.15) is 30.1 Å². The van der Waals surface area contributed by atoms with Gasteiger partial charge in [-0.25, -0.2) is 9.98 Å². The summed E-state index contributed by atoms with van der Waals surface area (Å²) in [7, 11) is 0. The number of aryl methyl sites for hydroxylation is 1. The molecule has 0 amide bonds. The van der Waals surface area contributed by atoms with Gasteiger partial charge in [0.25, 0.3) is 0 Å². The highest BCUT2D eigenvalue weighted by Crippen LogP contribution is 2.11. The fraction of sp³-hybridized carbons (Fsp3) is 0.412. The Morgan fingerprint density at radius 1 is 1.30 bits per heavy atom. The van der Waals surface area contributed by atoms with E-state index in [9.17, 15) is 0 Å². The summed E-state index contributed by atoms with van der Waals surface area (Å²) in [5.74, 6) is 0.818. The molecule has 0 aliphatic rings. The topological polar surface area (TPSA) is 49.3 Å². The molecule has 2 N–H and O–H groups in total. The summed E-state index contributed by atoms with van der Waals surface area (Å²) in [6.07, 6.45) is 1.90. The summed E-state index contributed by atoms with van der Waals surface area (Å²) in [5, 5.41) is 10.7. The molecule has 0 saturated carbocycles. The number of halogens is 1. The molecule has 4 nitrogen and oxygen atoms in total. The van der Waals surface area contributed by atoms with Gasteiger partial charge in [0.2, 0.25) is 0 Å². The molecule has 0 saturated heterocycles. The van der Waals surface area contributed by atoms with Gasteiger partial charge in [-0.3, -0.25) is 0 Å². The smallest absolute Gasteiger partial charge is 0.191 e.